The highest BCUT2D eigenvalue weighted by Crippen LogP contribution is 2.31. The van der Waals surface area contributed by atoms with E-state index in [1.54, 1.807) is 23.1 Å². The lowest BCUT2D eigenvalue weighted by Gasteiger charge is -2.35. The highest BCUT2D eigenvalue weighted by atomic mass is 79.9. The van der Waals surface area contributed by atoms with E-state index in [4.69, 9.17) is 5.73 Å². The highest BCUT2D eigenvalue weighted by molar-refractivity contribution is 9.10. The molecule has 3 rings (SSSR count). The number of hydrogen-bond acceptors (Lipinski definition) is 3. The van der Waals surface area contributed by atoms with Gasteiger partial charge in [-0.15, -0.1) is 0 Å². The molecule has 2 amide bonds. The van der Waals surface area contributed by atoms with Crippen molar-refractivity contribution < 1.29 is 9.59 Å². The molecule has 0 bridgehead atoms. The fourth-order valence-corrected chi connectivity index (χ4v) is 3.01. The second-order valence-electron chi connectivity index (χ2n) is 5.63. The SMILES string of the molecule is Nc1ccc(Br)c(C(=O)N2CCN(C(=O)C3CC3)CC2)c1. The molecule has 2 fully saturated rings. The van der Waals surface area contributed by atoms with E-state index in [0.29, 0.717) is 37.4 Å². The first kappa shape index (κ1) is 14.4. The molecule has 0 radical (unpaired) electrons. The number of halogens is 1. The molecule has 1 aliphatic carbocycles. The summed E-state index contributed by atoms with van der Waals surface area (Å²) in [6.45, 7) is 2.42. The topological polar surface area (TPSA) is 66.6 Å². The number of carbonyl (C=O) groups is 2. The molecule has 0 spiro atoms. The van der Waals surface area contributed by atoms with Gasteiger partial charge in [0.25, 0.3) is 5.91 Å². The van der Waals surface area contributed by atoms with Crippen molar-refractivity contribution >= 4 is 33.4 Å². The number of benzene rings is 1. The molecule has 1 heterocycles. The van der Waals surface area contributed by atoms with Crippen molar-refractivity contribution in [2.24, 2.45) is 5.92 Å². The van der Waals surface area contributed by atoms with Crippen LogP contribution in [0.2, 0.25) is 0 Å². The van der Waals surface area contributed by atoms with Crippen molar-refractivity contribution in [1.82, 2.24) is 9.80 Å². The molecule has 6 heteroatoms. The second-order valence-corrected chi connectivity index (χ2v) is 6.49. The number of rotatable bonds is 2. The van der Waals surface area contributed by atoms with Gasteiger partial charge in [0.05, 0.1) is 5.56 Å². The molecule has 2 aliphatic rings. The molecule has 1 aliphatic heterocycles. The van der Waals surface area contributed by atoms with Crippen molar-refractivity contribution in [1.29, 1.82) is 0 Å². The number of piperazine rings is 1. The van der Waals surface area contributed by atoms with Crippen LogP contribution in [0.5, 0.6) is 0 Å². The summed E-state index contributed by atoms with van der Waals surface area (Å²) < 4.78 is 0.748. The van der Waals surface area contributed by atoms with E-state index in [1.807, 2.05) is 4.90 Å². The van der Waals surface area contributed by atoms with Gasteiger partial charge in [0.2, 0.25) is 5.91 Å². The Bertz CT molecular complexity index is 578. The summed E-state index contributed by atoms with van der Waals surface area (Å²) in [6, 6.07) is 5.23. The molecule has 1 saturated heterocycles. The van der Waals surface area contributed by atoms with Gasteiger partial charge in [0, 0.05) is 42.3 Å². The van der Waals surface area contributed by atoms with Crippen LogP contribution in [0.15, 0.2) is 22.7 Å². The maximum atomic E-state index is 12.5. The summed E-state index contributed by atoms with van der Waals surface area (Å²) in [7, 11) is 0. The smallest absolute Gasteiger partial charge is 0.255 e. The van der Waals surface area contributed by atoms with E-state index < -0.39 is 0 Å². The van der Waals surface area contributed by atoms with E-state index in [9.17, 15) is 9.59 Å². The van der Waals surface area contributed by atoms with Crippen LogP contribution in [0.3, 0.4) is 0 Å². The summed E-state index contributed by atoms with van der Waals surface area (Å²) in [5, 5.41) is 0. The lowest BCUT2D eigenvalue weighted by molar-refractivity contribution is -0.134. The normalized spacial score (nSPS) is 18.7. The van der Waals surface area contributed by atoms with Crippen LogP contribution in [0.25, 0.3) is 0 Å². The van der Waals surface area contributed by atoms with Gasteiger partial charge in [0.15, 0.2) is 0 Å². The van der Waals surface area contributed by atoms with Crippen molar-refractivity contribution in [3.8, 4) is 0 Å². The van der Waals surface area contributed by atoms with Gasteiger partial charge in [0.1, 0.15) is 0 Å². The summed E-state index contributed by atoms with van der Waals surface area (Å²) in [4.78, 5) is 28.2. The molecule has 21 heavy (non-hydrogen) atoms. The van der Waals surface area contributed by atoms with Crippen LogP contribution in [-0.2, 0) is 4.79 Å². The summed E-state index contributed by atoms with van der Waals surface area (Å²) in [6.07, 6.45) is 2.04. The Labute approximate surface area is 132 Å². The number of nitrogens with two attached hydrogens (primary N) is 1. The van der Waals surface area contributed by atoms with Crippen LogP contribution in [0.1, 0.15) is 23.2 Å². The van der Waals surface area contributed by atoms with Gasteiger partial charge >= 0.3 is 0 Å². The third kappa shape index (κ3) is 3.05. The maximum absolute atomic E-state index is 12.5. The number of carbonyl (C=O) groups excluding carboxylic acids is 2. The van der Waals surface area contributed by atoms with Gasteiger partial charge < -0.3 is 15.5 Å². The summed E-state index contributed by atoms with van der Waals surface area (Å²) in [5.41, 5.74) is 6.91. The second kappa shape index (κ2) is 5.67. The molecule has 5 nitrogen and oxygen atoms in total. The Morgan fingerprint density at radius 1 is 1.10 bits per heavy atom. The molecule has 0 unspecified atom stereocenters. The van der Waals surface area contributed by atoms with Gasteiger partial charge in [-0.2, -0.15) is 0 Å². The minimum atomic E-state index is -0.0345. The Hall–Kier alpha value is -1.56. The number of anilines is 1. The number of nitrogen functional groups attached to an aromatic ring is 1. The average molecular weight is 352 g/mol. The first-order valence-electron chi connectivity index (χ1n) is 7.19. The third-order valence-electron chi connectivity index (χ3n) is 4.03. The van der Waals surface area contributed by atoms with E-state index in [-0.39, 0.29) is 17.7 Å². The number of hydrogen-bond donors (Lipinski definition) is 1. The molecular formula is C15H18BrN3O2. The molecule has 1 aromatic carbocycles. The van der Waals surface area contributed by atoms with E-state index in [0.717, 1.165) is 17.3 Å². The van der Waals surface area contributed by atoms with E-state index >= 15 is 0 Å². The predicted octanol–water partition coefficient (Wildman–Crippen LogP) is 1.73. The van der Waals surface area contributed by atoms with Crippen molar-refractivity contribution in [3.63, 3.8) is 0 Å². The van der Waals surface area contributed by atoms with Gasteiger partial charge in [-0.05, 0) is 47.0 Å². The molecule has 0 aromatic heterocycles. The Morgan fingerprint density at radius 2 is 1.71 bits per heavy atom. The molecule has 1 saturated carbocycles. The van der Waals surface area contributed by atoms with Crippen LogP contribution < -0.4 is 5.73 Å². The monoisotopic (exact) mass is 351 g/mol. The molecule has 112 valence electrons. The molecule has 2 N–H and O–H groups in total. The predicted molar refractivity (Wildman–Crippen MR) is 83.8 cm³/mol. The van der Waals surface area contributed by atoms with Crippen molar-refractivity contribution in [3.05, 3.63) is 28.2 Å². The van der Waals surface area contributed by atoms with Crippen LogP contribution in [-0.4, -0.2) is 47.8 Å². The Morgan fingerprint density at radius 3 is 2.33 bits per heavy atom. The van der Waals surface area contributed by atoms with Gasteiger partial charge in [-0.25, -0.2) is 0 Å². The standard InChI is InChI=1S/C15H18BrN3O2/c16-13-4-3-11(17)9-12(13)15(21)19-7-5-18(6-8-19)14(20)10-1-2-10/h3-4,9-10H,1-2,5-8,17H2. The van der Waals surface area contributed by atoms with Crippen LogP contribution in [0, 0.1) is 5.92 Å². The fourth-order valence-electron chi connectivity index (χ4n) is 2.60. The zero-order valence-corrected chi connectivity index (χ0v) is 13.3. The van der Waals surface area contributed by atoms with Gasteiger partial charge in [-0.1, -0.05) is 0 Å². The lowest BCUT2D eigenvalue weighted by atomic mass is 10.1. The highest BCUT2D eigenvalue weighted by Gasteiger charge is 2.35. The molecular weight excluding hydrogens is 334 g/mol. The van der Waals surface area contributed by atoms with E-state index in [2.05, 4.69) is 15.9 Å². The van der Waals surface area contributed by atoms with Crippen LogP contribution >= 0.6 is 15.9 Å². The largest absolute Gasteiger partial charge is 0.399 e. The third-order valence-corrected chi connectivity index (χ3v) is 4.72. The fraction of sp³-hybridized carbons (Fsp3) is 0.467. The number of nitrogens with zero attached hydrogens (tertiary/aromatic N) is 2. The Balaban J connectivity index is 1.64. The van der Waals surface area contributed by atoms with Crippen molar-refractivity contribution in [2.45, 2.75) is 12.8 Å². The van der Waals surface area contributed by atoms with E-state index in [1.165, 1.54) is 0 Å². The van der Waals surface area contributed by atoms with Crippen LogP contribution in [0.4, 0.5) is 5.69 Å². The summed E-state index contributed by atoms with van der Waals surface area (Å²) in [5.74, 6) is 0.468. The lowest BCUT2D eigenvalue weighted by Crippen LogP contribution is -2.51. The zero-order chi connectivity index (χ0) is 15.0. The maximum Gasteiger partial charge on any atom is 0.255 e. The zero-order valence-electron chi connectivity index (χ0n) is 11.7. The first-order valence-corrected chi connectivity index (χ1v) is 7.98. The Kier molecular flexibility index (Phi) is 3.89. The van der Waals surface area contributed by atoms with Gasteiger partial charge in [-0.3, -0.25) is 9.59 Å². The summed E-state index contributed by atoms with van der Waals surface area (Å²) >= 11 is 3.39. The van der Waals surface area contributed by atoms with Crippen molar-refractivity contribution in [2.75, 3.05) is 31.9 Å². The molecule has 1 aromatic rings. The minimum Gasteiger partial charge on any atom is -0.399 e. The minimum absolute atomic E-state index is 0.0345. The average Bonchev–Trinajstić information content (AvgIpc) is 3.33. The first-order chi connectivity index (χ1) is 10.1. The number of amides is 2. The quantitative estimate of drug-likeness (QED) is 0.825. The molecule has 0 atom stereocenters.